The van der Waals surface area contributed by atoms with Crippen LogP contribution < -0.4 is 5.32 Å². The fraction of sp³-hybridized carbons (Fsp3) is 0.350. The lowest BCUT2D eigenvalue weighted by Gasteiger charge is -2.24. The predicted molar refractivity (Wildman–Crippen MR) is 95.5 cm³/mol. The second-order valence-corrected chi connectivity index (χ2v) is 6.25. The van der Waals surface area contributed by atoms with E-state index in [2.05, 4.69) is 5.32 Å². The number of hydrogen-bond donors (Lipinski definition) is 1. The van der Waals surface area contributed by atoms with Crippen molar-refractivity contribution in [3.8, 4) is 0 Å². The van der Waals surface area contributed by atoms with Crippen LogP contribution in [0.2, 0.25) is 0 Å². The molecule has 3 nitrogen and oxygen atoms in total. The summed E-state index contributed by atoms with van der Waals surface area (Å²) in [6.07, 6.45) is -2.63. The summed E-state index contributed by atoms with van der Waals surface area (Å²) in [5, 5.41) is 3.00. The minimum Gasteiger partial charge on any atom is -0.331 e. The molecule has 0 aliphatic carbocycles. The zero-order chi connectivity index (χ0) is 19.2. The van der Waals surface area contributed by atoms with Crippen molar-refractivity contribution in [2.75, 3.05) is 7.05 Å². The van der Waals surface area contributed by atoms with E-state index in [1.165, 1.54) is 17.0 Å². The first kappa shape index (κ1) is 19.8. The number of benzene rings is 2. The highest BCUT2D eigenvalue weighted by Gasteiger charge is 2.30. The fourth-order valence-corrected chi connectivity index (χ4v) is 2.70. The van der Waals surface area contributed by atoms with Crippen LogP contribution in [0.25, 0.3) is 0 Å². The van der Waals surface area contributed by atoms with Gasteiger partial charge in [-0.15, -0.1) is 0 Å². The third kappa shape index (κ3) is 5.51. The molecule has 0 radical (unpaired) electrons. The molecule has 0 spiro atoms. The van der Waals surface area contributed by atoms with Crippen LogP contribution in [0.15, 0.2) is 54.6 Å². The van der Waals surface area contributed by atoms with Crippen molar-refractivity contribution in [2.45, 2.75) is 38.5 Å². The molecular formula is C20H23F3N2O. The zero-order valence-corrected chi connectivity index (χ0v) is 14.9. The maximum atomic E-state index is 12.6. The molecule has 2 aromatic carbocycles. The van der Waals surface area contributed by atoms with Crippen LogP contribution in [0.1, 0.15) is 42.5 Å². The second kappa shape index (κ2) is 8.74. The lowest BCUT2D eigenvalue weighted by Crippen LogP contribution is -2.39. The van der Waals surface area contributed by atoms with Crippen LogP contribution in [0.4, 0.5) is 18.0 Å². The summed E-state index contributed by atoms with van der Waals surface area (Å²) in [4.78, 5) is 13.9. The highest BCUT2D eigenvalue weighted by Crippen LogP contribution is 2.29. The van der Waals surface area contributed by atoms with E-state index in [9.17, 15) is 18.0 Å². The van der Waals surface area contributed by atoms with Crippen molar-refractivity contribution in [1.82, 2.24) is 10.2 Å². The van der Waals surface area contributed by atoms with Crippen molar-refractivity contribution < 1.29 is 18.0 Å². The molecule has 2 rings (SSSR count). The molecule has 0 saturated heterocycles. The van der Waals surface area contributed by atoms with Gasteiger partial charge in [0.2, 0.25) is 0 Å². The summed E-state index contributed by atoms with van der Waals surface area (Å²) in [6, 6.07) is 14.2. The van der Waals surface area contributed by atoms with Crippen molar-refractivity contribution in [1.29, 1.82) is 0 Å². The Morgan fingerprint density at radius 3 is 2.23 bits per heavy atom. The summed E-state index contributed by atoms with van der Waals surface area (Å²) < 4.78 is 37.8. The van der Waals surface area contributed by atoms with Gasteiger partial charge in [0.15, 0.2) is 0 Å². The number of carbonyl (C=O) groups is 1. The van der Waals surface area contributed by atoms with E-state index >= 15 is 0 Å². The highest BCUT2D eigenvalue weighted by molar-refractivity contribution is 5.74. The van der Waals surface area contributed by atoms with E-state index < -0.39 is 11.7 Å². The summed E-state index contributed by atoms with van der Waals surface area (Å²) >= 11 is 0. The van der Waals surface area contributed by atoms with Crippen LogP contribution in [0.5, 0.6) is 0 Å². The van der Waals surface area contributed by atoms with Gasteiger partial charge in [-0.25, -0.2) is 4.79 Å². The predicted octanol–water partition coefficient (Wildman–Crippen LogP) is 5.39. The number of nitrogens with one attached hydrogen (secondary N) is 1. The third-order valence-corrected chi connectivity index (χ3v) is 4.12. The molecule has 1 unspecified atom stereocenters. The summed E-state index contributed by atoms with van der Waals surface area (Å²) in [5.74, 6) is 0. The van der Waals surface area contributed by atoms with Crippen LogP contribution >= 0.6 is 0 Å². The van der Waals surface area contributed by atoms with Crippen LogP contribution in [-0.4, -0.2) is 18.0 Å². The summed E-state index contributed by atoms with van der Waals surface area (Å²) in [7, 11) is 1.63. The Kier molecular flexibility index (Phi) is 6.66. The molecule has 6 heteroatoms. The van der Waals surface area contributed by atoms with Crippen molar-refractivity contribution in [2.24, 2.45) is 0 Å². The van der Waals surface area contributed by atoms with Gasteiger partial charge in [0, 0.05) is 13.6 Å². The van der Waals surface area contributed by atoms with Crippen molar-refractivity contribution in [3.63, 3.8) is 0 Å². The normalized spacial score (nSPS) is 12.5. The van der Waals surface area contributed by atoms with Crippen molar-refractivity contribution in [3.05, 3.63) is 71.3 Å². The molecule has 1 N–H and O–H groups in total. The molecule has 0 aromatic heterocycles. The van der Waals surface area contributed by atoms with Crippen molar-refractivity contribution >= 4 is 6.03 Å². The quantitative estimate of drug-likeness (QED) is 0.732. The molecule has 0 aliphatic rings. The van der Waals surface area contributed by atoms with E-state index in [0.29, 0.717) is 5.56 Å². The largest absolute Gasteiger partial charge is 0.416 e. The minimum atomic E-state index is -4.36. The van der Waals surface area contributed by atoms with E-state index in [1.807, 2.05) is 37.3 Å². The number of urea groups is 1. The average molecular weight is 364 g/mol. The van der Waals surface area contributed by atoms with Gasteiger partial charge in [0.1, 0.15) is 0 Å². The van der Waals surface area contributed by atoms with Crippen LogP contribution in [0.3, 0.4) is 0 Å². The van der Waals surface area contributed by atoms with E-state index in [0.717, 1.165) is 30.5 Å². The first-order valence-electron chi connectivity index (χ1n) is 8.54. The molecule has 0 bridgehead atoms. The molecule has 2 aromatic rings. The Bertz CT molecular complexity index is 699. The molecular weight excluding hydrogens is 341 g/mol. The van der Waals surface area contributed by atoms with E-state index in [1.54, 1.807) is 7.05 Å². The summed E-state index contributed by atoms with van der Waals surface area (Å²) in [5.41, 5.74) is 0.980. The van der Waals surface area contributed by atoms with Gasteiger partial charge in [-0.3, -0.25) is 0 Å². The number of nitrogens with zero attached hydrogens (tertiary/aromatic N) is 1. The standard InChI is InChI=1S/C20H23F3N2O/c1-3-7-18(16-8-5-4-6-9-16)24-19(26)25(2)14-15-10-12-17(13-11-15)20(21,22)23/h4-6,8-13,18H,3,7,14H2,1-2H3,(H,24,26). The first-order chi connectivity index (χ1) is 12.3. The fourth-order valence-electron chi connectivity index (χ4n) is 2.70. The summed E-state index contributed by atoms with van der Waals surface area (Å²) in [6.45, 7) is 2.28. The number of hydrogen-bond acceptors (Lipinski definition) is 1. The third-order valence-electron chi connectivity index (χ3n) is 4.12. The minimum absolute atomic E-state index is 0.0937. The number of rotatable bonds is 6. The van der Waals surface area contributed by atoms with Gasteiger partial charge in [-0.2, -0.15) is 13.2 Å². The molecule has 2 amide bonds. The molecule has 0 saturated carbocycles. The molecule has 0 heterocycles. The first-order valence-corrected chi connectivity index (χ1v) is 8.54. The maximum absolute atomic E-state index is 12.6. The Morgan fingerprint density at radius 1 is 1.08 bits per heavy atom. The Labute approximate surface area is 151 Å². The van der Waals surface area contributed by atoms with Gasteiger partial charge in [0.05, 0.1) is 11.6 Å². The van der Waals surface area contributed by atoms with Crippen LogP contribution in [-0.2, 0) is 12.7 Å². The molecule has 0 fully saturated rings. The van der Waals surface area contributed by atoms with E-state index in [-0.39, 0.29) is 18.6 Å². The second-order valence-electron chi connectivity index (χ2n) is 6.25. The van der Waals surface area contributed by atoms with Gasteiger partial charge in [-0.1, -0.05) is 55.8 Å². The SMILES string of the molecule is CCCC(NC(=O)N(C)Cc1ccc(C(F)(F)F)cc1)c1ccccc1. The smallest absolute Gasteiger partial charge is 0.331 e. The van der Waals surface area contributed by atoms with Gasteiger partial charge >= 0.3 is 12.2 Å². The lowest BCUT2D eigenvalue weighted by atomic mass is 10.0. The highest BCUT2D eigenvalue weighted by atomic mass is 19.4. The Balaban J connectivity index is 1.99. The number of amides is 2. The van der Waals surface area contributed by atoms with Gasteiger partial charge in [-0.05, 0) is 29.7 Å². The molecule has 140 valence electrons. The Hall–Kier alpha value is -2.50. The average Bonchev–Trinajstić information content (AvgIpc) is 2.61. The number of carbonyl (C=O) groups excluding carboxylic acids is 1. The zero-order valence-electron chi connectivity index (χ0n) is 14.9. The molecule has 1 atom stereocenters. The van der Waals surface area contributed by atoms with E-state index in [4.69, 9.17) is 0 Å². The number of alkyl halides is 3. The van der Waals surface area contributed by atoms with Gasteiger partial charge in [0.25, 0.3) is 0 Å². The number of halogens is 3. The van der Waals surface area contributed by atoms with Gasteiger partial charge < -0.3 is 10.2 Å². The lowest BCUT2D eigenvalue weighted by molar-refractivity contribution is -0.137. The molecule has 0 aliphatic heterocycles. The topological polar surface area (TPSA) is 32.3 Å². The molecule has 26 heavy (non-hydrogen) atoms. The van der Waals surface area contributed by atoms with Crippen LogP contribution in [0, 0.1) is 0 Å². The maximum Gasteiger partial charge on any atom is 0.416 e. The Morgan fingerprint density at radius 2 is 1.69 bits per heavy atom. The monoisotopic (exact) mass is 364 g/mol.